The monoisotopic (exact) mass is 296 g/mol. The molecular weight excluding hydrogens is 264 g/mol. The Hall–Kier alpha value is -0.610. The fourth-order valence-corrected chi connectivity index (χ4v) is 4.10. The first-order valence-corrected chi connectivity index (χ1v) is 8.66. The molecule has 0 aromatic heterocycles. The largest absolute Gasteiger partial charge is 0.393 e. The third-order valence-electron chi connectivity index (χ3n) is 5.13. The van der Waals surface area contributed by atoms with Crippen LogP contribution in [0.1, 0.15) is 58.8 Å². The van der Waals surface area contributed by atoms with Crippen LogP contribution in [0.25, 0.3) is 0 Å². The SMILES string of the molecule is CC(C)N(C(=O)CN(C)CC1CCCC1O)C1CCCC1. The van der Waals surface area contributed by atoms with Gasteiger partial charge in [0, 0.05) is 18.6 Å². The van der Waals surface area contributed by atoms with Gasteiger partial charge in [-0.2, -0.15) is 0 Å². The van der Waals surface area contributed by atoms with Gasteiger partial charge in [-0.05, 0) is 52.5 Å². The van der Waals surface area contributed by atoms with Crippen LogP contribution in [0.4, 0.5) is 0 Å². The van der Waals surface area contributed by atoms with Gasteiger partial charge in [-0.3, -0.25) is 9.69 Å². The number of aliphatic hydroxyl groups is 1. The average molecular weight is 296 g/mol. The van der Waals surface area contributed by atoms with Crippen LogP contribution in [0.3, 0.4) is 0 Å². The zero-order valence-corrected chi connectivity index (χ0v) is 13.9. The number of aliphatic hydroxyl groups excluding tert-OH is 1. The summed E-state index contributed by atoms with van der Waals surface area (Å²) in [5, 5.41) is 9.92. The van der Waals surface area contributed by atoms with Gasteiger partial charge in [0.25, 0.3) is 0 Å². The normalized spacial score (nSPS) is 27.0. The van der Waals surface area contributed by atoms with Crippen LogP contribution < -0.4 is 0 Å². The van der Waals surface area contributed by atoms with Crippen LogP contribution in [-0.2, 0) is 4.79 Å². The van der Waals surface area contributed by atoms with Gasteiger partial charge in [0.15, 0.2) is 0 Å². The second-order valence-electron chi connectivity index (χ2n) is 7.29. The fraction of sp³-hybridized carbons (Fsp3) is 0.941. The molecule has 0 radical (unpaired) electrons. The molecular formula is C17H32N2O2. The quantitative estimate of drug-likeness (QED) is 0.817. The van der Waals surface area contributed by atoms with E-state index in [0.717, 1.165) is 38.6 Å². The topological polar surface area (TPSA) is 43.8 Å². The van der Waals surface area contributed by atoms with Gasteiger partial charge >= 0.3 is 0 Å². The van der Waals surface area contributed by atoms with Gasteiger partial charge in [-0.1, -0.05) is 19.3 Å². The average Bonchev–Trinajstić information content (AvgIpc) is 3.02. The van der Waals surface area contributed by atoms with E-state index in [-0.39, 0.29) is 18.1 Å². The molecule has 0 saturated heterocycles. The van der Waals surface area contributed by atoms with Crippen molar-refractivity contribution < 1.29 is 9.90 Å². The highest BCUT2D eigenvalue weighted by Crippen LogP contribution is 2.27. The van der Waals surface area contributed by atoms with Crippen LogP contribution >= 0.6 is 0 Å². The molecule has 0 aromatic rings. The van der Waals surface area contributed by atoms with Crippen molar-refractivity contribution in [3.8, 4) is 0 Å². The van der Waals surface area contributed by atoms with Gasteiger partial charge in [-0.25, -0.2) is 0 Å². The number of carbonyl (C=O) groups is 1. The van der Waals surface area contributed by atoms with E-state index < -0.39 is 0 Å². The molecule has 122 valence electrons. The van der Waals surface area contributed by atoms with Crippen molar-refractivity contribution >= 4 is 5.91 Å². The highest BCUT2D eigenvalue weighted by molar-refractivity contribution is 5.79. The smallest absolute Gasteiger partial charge is 0.237 e. The molecule has 2 unspecified atom stereocenters. The molecule has 1 N–H and O–H groups in total. The fourth-order valence-electron chi connectivity index (χ4n) is 4.10. The minimum absolute atomic E-state index is 0.168. The highest BCUT2D eigenvalue weighted by atomic mass is 16.3. The van der Waals surface area contributed by atoms with E-state index in [1.54, 1.807) is 0 Å². The van der Waals surface area contributed by atoms with E-state index in [9.17, 15) is 9.90 Å². The summed E-state index contributed by atoms with van der Waals surface area (Å²) in [5.74, 6) is 0.605. The maximum Gasteiger partial charge on any atom is 0.237 e. The van der Waals surface area contributed by atoms with Gasteiger partial charge in [-0.15, -0.1) is 0 Å². The summed E-state index contributed by atoms with van der Waals surface area (Å²) in [4.78, 5) is 16.9. The van der Waals surface area contributed by atoms with Crippen LogP contribution in [0, 0.1) is 5.92 Å². The highest BCUT2D eigenvalue weighted by Gasteiger charge is 2.30. The molecule has 2 fully saturated rings. The summed E-state index contributed by atoms with van der Waals surface area (Å²) in [5.41, 5.74) is 0. The molecule has 21 heavy (non-hydrogen) atoms. The lowest BCUT2D eigenvalue weighted by atomic mass is 10.1. The first kappa shape index (κ1) is 16.8. The van der Waals surface area contributed by atoms with Crippen molar-refractivity contribution in [1.29, 1.82) is 0 Å². The minimum atomic E-state index is -0.168. The summed E-state index contributed by atoms with van der Waals surface area (Å²) in [6.45, 7) is 5.56. The Morgan fingerprint density at radius 3 is 2.33 bits per heavy atom. The number of hydrogen-bond donors (Lipinski definition) is 1. The van der Waals surface area contributed by atoms with E-state index in [1.165, 1.54) is 12.8 Å². The maximum atomic E-state index is 12.7. The Balaban J connectivity index is 1.85. The van der Waals surface area contributed by atoms with Crippen molar-refractivity contribution in [3.05, 3.63) is 0 Å². The molecule has 2 saturated carbocycles. The molecule has 4 heteroatoms. The van der Waals surface area contributed by atoms with E-state index in [1.807, 2.05) is 7.05 Å². The van der Waals surface area contributed by atoms with Crippen LogP contribution in [0.5, 0.6) is 0 Å². The third kappa shape index (κ3) is 4.43. The van der Waals surface area contributed by atoms with Crippen LogP contribution in [-0.4, -0.2) is 59.1 Å². The molecule has 0 heterocycles. The summed E-state index contributed by atoms with van der Waals surface area (Å²) in [6, 6.07) is 0.731. The predicted molar refractivity (Wildman–Crippen MR) is 85.1 cm³/mol. The standard InChI is InChI=1S/C17H32N2O2/c1-13(2)19(15-8-4-5-9-15)17(21)12-18(3)11-14-7-6-10-16(14)20/h13-16,20H,4-12H2,1-3H3. The van der Waals surface area contributed by atoms with Crippen molar-refractivity contribution in [1.82, 2.24) is 9.80 Å². The summed E-state index contributed by atoms with van der Waals surface area (Å²) in [6.07, 6.45) is 7.80. The molecule has 0 bridgehead atoms. The summed E-state index contributed by atoms with van der Waals surface area (Å²) >= 11 is 0. The summed E-state index contributed by atoms with van der Waals surface area (Å²) < 4.78 is 0. The van der Waals surface area contributed by atoms with Crippen molar-refractivity contribution in [3.63, 3.8) is 0 Å². The van der Waals surface area contributed by atoms with Crippen molar-refractivity contribution in [2.45, 2.75) is 77.0 Å². The number of amides is 1. The zero-order valence-electron chi connectivity index (χ0n) is 13.9. The van der Waals surface area contributed by atoms with Crippen LogP contribution in [0.15, 0.2) is 0 Å². The summed E-state index contributed by atoms with van der Waals surface area (Å²) in [7, 11) is 2.01. The first-order chi connectivity index (χ1) is 9.99. The van der Waals surface area contributed by atoms with Gasteiger partial charge in [0.2, 0.25) is 5.91 Å². The molecule has 2 rings (SSSR count). The third-order valence-corrected chi connectivity index (χ3v) is 5.13. The Labute approximate surface area is 129 Å². The molecule has 2 aliphatic carbocycles. The van der Waals surface area contributed by atoms with E-state index in [0.29, 0.717) is 18.5 Å². The van der Waals surface area contributed by atoms with Crippen molar-refractivity contribution in [2.24, 2.45) is 5.92 Å². The number of carbonyl (C=O) groups excluding carboxylic acids is 1. The molecule has 0 aliphatic heterocycles. The number of rotatable bonds is 6. The van der Waals surface area contributed by atoms with E-state index in [2.05, 4.69) is 23.6 Å². The van der Waals surface area contributed by atoms with E-state index >= 15 is 0 Å². The predicted octanol–water partition coefficient (Wildman–Crippen LogP) is 2.26. The van der Waals surface area contributed by atoms with E-state index in [4.69, 9.17) is 0 Å². The number of nitrogens with zero attached hydrogens (tertiary/aromatic N) is 2. The number of likely N-dealkylation sites (N-methyl/N-ethyl adjacent to an activating group) is 1. The lowest BCUT2D eigenvalue weighted by Gasteiger charge is -2.34. The van der Waals surface area contributed by atoms with Crippen LogP contribution in [0.2, 0.25) is 0 Å². The minimum Gasteiger partial charge on any atom is -0.393 e. The van der Waals surface area contributed by atoms with Crippen molar-refractivity contribution in [2.75, 3.05) is 20.1 Å². The Morgan fingerprint density at radius 2 is 1.81 bits per heavy atom. The molecule has 4 nitrogen and oxygen atoms in total. The Bertz CT molecular complexity index is 340. The van der Waals surface area contributed by atoms with Gasteiger partial charge < -0.3 is 10.0 Å². The molecule has 2 aliphatic rings. The first-order valence-electron chi connectivity index (χ1n) is 8.66. The zero-order chi connectivity index (χ0) is 15.4. The second-order valence-corrected chi connectivity index (χ2v) is 7.29. The van der Waals surface area contributed by atoms with Gasteiger partial charge in [0.05, 0.1) is 12.6 Å². The lowest BCUT2D eigenvalue weighted by Crippen LogP contribution is -2.48. The van der Waals surface area contributed by atoms with Gasteiger partial charge in [0.1, 0.15) is 0 Å². The number of hydrogen-bond acceptors (Lipinski definition) is 3. The second kappa shape index (κ2) is 7.59. The molecule has 0 spiro atoms. The molecule has 2 atom stereocenters. The lowest BCUT2D eigenvalue weighted by molar-refractivity contribution is -0.136. The molecule has 0 aromatic carbocycles. The molecule has 1 amide bonds. The Morgan fingerprint density at radius 1 is 1.14 bits per heavy atom. The maximum absolute atomic E-state index is 12.7. The Kier molecular flexibility index (Phi) is 6.06.